The molecular weight excluding hydrogens is 189 g/mol. The summed E-state index contributed by atoms with van der Waals surface area (Å²) in [7, 11) is 1.92. The molecule has 1 rings (SSSR count). The van der Waals surface area contributed by atoms with Crippen LogP contribution in [0.3, 0.4) is 0 Å². The lowest BCUT2D eigenvalue weighted by atomic mass is 10.0. The van der Waals surface area contributed by atoms with Crippen LogP contribution in [0.1, 0.15) is 31.4 Å². The second kappa shape index (κ2) is 5.66. The normalized spacial score (nSPS) is 12.5. The number of nitrogens with one attached hydrogen (secondary N) is 1. The third kappa shape index (κ3) is 3.84. The predicted molar refractivity (Wildman–Crippen MR) is 62.2 cm³/mol. The van der Waals surface area contributed by atoms with Crippen LogP contribution in [-0.2, 0) is 0 Å². The van der Waals surface area contributed by atoms with E-state index < -0.39 is 0 Å². The van der Waals surface area contributed by atoms with Crippen molar-refractivity contribution in [2.45, 2.75) is 25.8 Å². The van der Waals surface area contributed by atoms with Crippen molar-refractivity contribution in [3.05, 3.63) is 47.8 Å². The van der Waals surface area contributed by atoms with E-state index in [1.807, 2.05) is 26.1 Å². The Morgan fingerprint density at radius 2 is 2.00 bits per heavy atom. The van der Waals surface area contributed by atoms with Crippen molar-refractivity contribution in [1.29, 1.82) is 0 Å². The van der Waals surface area contributed by atoms with Crippen LogP contribution < -0.4 is 5.32 Å². The van der Waals surface area contributed by atoms with E-state index in [0.29, 0.717) is 0 Å². The summed E-state index contributed by atoms with van der Waals surface area (Å²) in [6.07, 6.45) is 1.99. The molecule has 0 heterocycles. The Kier molecular flexibility index (Phi) is 4.50. The second-order valence-corrected chi connectivity index (χ2v) is 3.89. The van der Waals surface area contributed by atoms with Crippen molar-refractivity contribution in [2.24, 2.45) is 0 Å². The van der Waals surface area contributed by atoms with Gasteiger partial charge in [0.2, 0.25) is 0 Å². The fourth-order valence-electron chi connectivity index (χ4n) is 1.56. The lowest BCUT2D eigenvalue weighted by molar-refractivity contribution is 0.546. The van der Waals surface area contributed by atoms with E-state index >= 15 is 0 Å². The molecule has 1 atom stereocenters. The third-order valence-electron chi connectivity index (χ3n) is 2.48. The molecule has 0 radical (unpaired) electrons. The average molecular weight is 207 g/mol. The second-order valence-electron chi connectivity index (χ2n) is 3.89. The third-order valence-corrected chi connectivity index (χ3v) is 2.48. The van der Waals surface area contributed by atoms with E-state index in [4.69, 9.17) is 0 Å². The summed E-state index contributed by atoms with van der Waals surface area (Å²) in [6.45, 7) is 5.91. The molecule has 15 heavy (non-hydrogen) atoms. The molecule has 1 N–H and O–H groups in total. The Hall–Kier alpha value is -1.15. The minimum absolute atomic E-state index is 0.187. The van der Waals surface area contributed by atoms with Gasteiger partial charge in [0.15, 0.2) is 0 Å². The van der Waals surface area contributed by atoms with Crippen LogP contribution in [0.5, 0.6) is 0 Å². The van der Waals surface area contributed by atoms with Crippen molar-refractivity contribution in [3.8, 4) is 0 Å². The van der Waals surface area contributed by atoms with Crippen molar-refractivity contribution in [1.82, 2.24) is 5.32 Å². The van der Waals surface area contributed by atoms with Gasteiger partial charge in [-0.25, -0.2) is 4.39 Å². The number of benzene rings is 1. The Morgan fingerprint density at radius 1 is 1.40 bits per heavy atom. The molecule has 0 aliphatic carbocycles. The number of hydrogen-bond donors (Lipinski definition) is 1. The quantitative estimate of drug-likeness (QED) is 0.729. The lowest BCUT2D eigenvalue weighted by Gasteiger charge is -2.16. The highest BCUT2D eigenvalue weighted by Crippen LogP contribution is 2.20. The average Bonchev–Trinajstić information content (AvgIpc) is 2.21. The van der Waals surface area contributed by atoms with Crippen molar-refractivity contribution in [3.63, 3.8) is 0 Å². The minimum Gasteiger partial charge on any atom is -0.313 e. The van der Waals surface area contributed by atoms with E-state index in [2.05, 4.69) is 11.9 Å². The number of rotatable bonds is 5. The summed E-state index contributed by atoms with van der Waals surface area (Å²) in [5.74, 6) is -0.187. The summed E-state index contributed by atoms with van der Waals surface area (Å²) in [5, 5.41) is 3.23. The maximum atomic E-state index is 12.7. The molecular formula is C13H18FN. The van der Waals surface area contributed by atoms with Crippen LogP contribution in [0.2, 0.25) is 0 Å². The zero-order chi connectivity index (χ0) is 11.3. The van der Waals surface area contributed by atoms with Gasteiger partial charge in [-0.2, -0.15) is 0 Å². The SMILES string of the molecule is C=C(C)CCC(NC)c1ccc(F)cc1. The Bertz CT molecular complexity index is 316. The molecule has 0 saturated carbocycles. The summed E-state index contributed by atoms with van der Waals surface area (Å²) < 4.78 is 12.7. The monoisotopic (exact) mass is 207 g/mol. The van der Waals surface area contributed by atoms with Gasteiger partial charge in [0.05, 0.1) is 0 Å². The molecule has 0 aliphatic rings. The maximum absolute atomic E-state index is 12.7. The molecule has 0 fully saturated rings. The van der Waals surface area contributed by atoms with Gasteiger partial charge in [0.1, 0.15) is 5.82 Å². The fraction of sp³-hybridized carbons (Fsp3) is 0.385. The fourth-order valence-corrected chi connectivity index (χ4v) is 1.56. The molecule has 2 heteroatoms. The van der Waals surface area contributed by atoms with Crippen LogP contribution in [0.15, 0.2) is 36.4 Å². The molecule has 1 aromatic rings. The highest BCUT2D eigenvalue weighted by Gasteiger charge is 2.08. The molecule has 1 aromatic carbocycles. The van der Waals surface area contributed by atoms with Gasteiger partial charge in [0, 0.05) is 6.04 Å². The van der Waals surface area contributed by atoms with Crippen LogP contribution in [-0.4, -0.2) is 7.05 Å². The van der Waals surface area contributed by atoms with Gasteiger partial charge >= 0.3 is 0 Å². The maximum Gasteiger partial charge on any atom is 0.123 e. The molecule has 0 spiro atoms. The first-order valence-corrected chi connectivity index (χ1v) is 5.20. The van der Waals surface area contributed by atoms with Gasteiger partial charge in [-0.3, -0.25) is 0 Å². The first-order chi connectivity index (χ1) is 7.13. The largest absolute Gasteiger partial charge is 0.313 e. The van der Waals surface area contributed by atoms with Crippen LogP contribution in [0.4, 0.5) is 4.39 Å². The minimum atomic E-state index is -0.187. The molecule has 0 aliphatic heterocycles. The van der Waals surface area contributed by atoms with E-state index in [9.17, 15) is 4.39 Å². The summed E-state index contributed by atoms with van der Waals surface area (Å²) in [6, 6.07) is 6.94. The summed E-state index contributed by atoms with van der Waals surface area (Å²) in [4.78, 5) is 0. The van der Waals surface area contributed by atoms with Gasteiger partial charge in [-0.15, -0.1) is 6.58 Å². The number of hydrogen-bond acceptors (Lipinski definition) is 1. The van der Waals surface area contributed by atoms with E-state index in [0.717, 1.165) is 18.4 Å². The molecule has 1 unspecified atom stereocenters. The Labute approximate surface area is 91.0 Å². The molecule has 0 saturated heterocycles. The Morgan fingerprint density at radius 3 is 2.47 bits per heavy atom. The summed E-state index contributed by atoms with van der Waals surface area (Å²) >= 11 is 0. The topological polar surface area (TPSA) is 12.0 Å². The number of allylic oxidation sites excluding steroid dienone is 1. The summed E-state index contributed by atoms with van der Waals surface area (Å²) in [5.41, 5.74) is 2.30. The highest BCUT2D eigenvalue weighted by atomic mass is 19.1. The van der Waals surface area contributed by atoms with Crippen molar-refractivity contribution < 1.29 is 4.39 Å². The molecule has 82 valence electrons. The smallest absolute Gasteiger partial charge is 0.123 e. The highest BCUT2D eigenvalue weighted by molar-refractivity contribution is 5.20. The molecule has 0 aromatic heterocycles. The van der Waals surface area contributed by atoms with Gasteiger partial charge in [-0.05, 0) is 44.5 Å². The van der Waals surface area contributed by atoms with E-state index in [1.165, 1.54) is 17.7 Å². The molecule has 0 bridgehead atoms. The van der Waals surface area contributed by atoms with Crippen molar-refractivity contribution in [2.75, 3.05) is 7.05 Å². The first-order valence-electron chi connectivity index (χ1n) is 5.20. The van der Waals surface area contributed by atoms with Gasteiger partial charge in [0.25, 0.3) is 0 Å². The van der Waals surface area contributed by atoms with Crippen LogP contribution in [0.25, 0.3) is 0 Å². The molecule has 0 amide bonds. The van der Waals surface area contributed by atoms with E-state index in [1.54, 1.807) is 0 Å². The van der Waals surface area contributed by atoms with Crippen LogP contribution in [0, 0.1) is 5.82 Å². The predicted octanol–water partition coefficient (Wildman–Crippen LogP) is 3.44. The lowest BCUT2D eigenvalue weighted by Crippen LogP contribution is -2.16. The first kappa shape index (κ1) is 11.9. The van der Waals surface area contributed by atoms with Gasteiger partial charge in [-0.1, -0.05) is 17.7 Å². The number of halogens is 1. The van der Waals surface area contributed by atoms with Crippen molar-refractivity contribution >= 4 is 0 Å². The zero-order valence-electron chi connectivity index (χ0n) is 9.39. The van der Waals surface area contributed by atoms with Gasteiger partial charge < -0.3 is 5.32 Å². The van der Waals surface area contributed by atoms with Crippen LogP contribution >= 0.6 is 0 Å². The van der Waals surface area contributed by atoms with E-state index in [-0.39, 0.29) is 11.9 Å². The standard InChI is InChI=1S/C13H18FN/c1-10(2)4-9-13(15-3)11-5-7-12(14)8-6-11/h5-8,13,15H,1,4,9H2,2-3H3. The Balaban J connectivity index is 2.65. The molecule has 1 nitrogen and oxygen atoms in total. The zero-order valence-corrected chi connectivity index (χ0v) is 9.39.